The molecular formula is C31H39N3O8. The number of nitrogens with zero attached hydrogens (tertiary/aromatic N) is 3. The molecule has 42 heavy (non-hydrogen) atoms. The largest absolute Gasteiger partial charge is 0.497 e. The number of carboxylic acids is 1. The maximum Gasteiger partial charge on any atom is 0.326 e. The number of ether oxygens (including phenoxy) is 3. The first-order valence-electron chi connectivity index (χ1n) is 13.9. The van der Waals surface area contributed by atoms with Crippen LogP contribution in [0.4, 0.5) is 0 Å². The van der Waals surface area contributed by atoms with E-state index in [1.165, 1.54) is 4.90 Å². The molecule has 11 nitrogen and oxygen atoms in total. The highest BCUT2D eigenvalue weighted by atomic mass is 16.6. The Balaban J connectivity index is 1.63. The third kappa shape index (κ3) is 6.83. The summed E-state index contributed by atoms with van der Waals surface area (Å²) in [5.41, 5.74) is 1.44. The molecule has 1 aliphatic rings. The smallest absolute Gasteiger partial charge is 0.326 e. The molecule has 0 radical (unpaired) electrons. The lowest BCUT2D eigenvalue weighted by Gasteiger charge is -2.34. The minimum atomic E-state index is -1.15. The monoisotopic (exact) mass is 581 g/mol. The van der Waals surface area contributed by atoms with Gasteiger partial charge in [-0.1, -0.05) is 38.1 Å². The lowest BCUT2D eigenvalue weighted by Crippen LogP contribution is -2.47. The third-order valence-corrected chi connectivity index (χ3v) is 7.18. The van der Waals surface area contributed by atoms with Crippen LogP contribution in [0.1, 0.15) is 60.1 Å². The zero-order valence-corrected chi connectivity index (χ0v) is 25.4. The number of hydrogen-bond acceptors (Lipinski definition) is 9. The van der Waals surface area contributed by atoms with Gasteiger partial charge in [0, 0.05) is 18.1 Å². The average Bonchev–Trinajstić information content (AvgIpc) is 3.49. The lowest BCUT2D eigenvalue weighted by molar-refractivity contribution is -0.161. The Kier molecular flexibility index (Phi) is 8.52. The van der Waals surface area contributed by atoms with Gasteiger partial charge in [0.25, 0.3) is 0 Å². The Morgan fingerprint density at radius 1 is 1.14 bits per heavy atom. The van der Waals surface area contributed by atoms with Gasteiger partial charge in [-0.05, 0) is 45.2 Å². The van der Waals surface area contributed by atoms with Crippen molar-refractivity contribution in [2.75, 3.05) is 13.7 Å². The predicted molar refractivity (Wildman–Crippen MR) is 154 cm³/mol. The molecule has 3 heterocycles. The van der Waals surface area contributed by atoms with Gasteiger partial charge in [-0.15, -0.1) is 0 Å². The molecule has 2 aromatic heterocycles. The number of aromatic nitrogens is 2. The summed E-state index contributed by atoms with van der Waals surface area (Å²) in [4.78, 5) is 44.9. The Morgan fingerprint density at radius 3 is 2.48 bits per heavy atom. The Morgan fingerprint density at radius 2 is 1.86 bits per heavy atom. The third-order valence-electron chi connectivity index (χ3n) is 7.18. The van der Waals surface area contributed by atoms with E-state index in [0.29, 0.717) is 34.0 Å². The van der Waals surface area contributed by atoms with E-state index in [4.69, 9.17) is 23.7 Å². The van der Waals surface area contributed by atoms with Crippen LogP contribution in [-0.2, 0) is 19.1 Å². The molecule has 3 atom stereocenters. The molecule has 1 fully saturated rings. The molecular weight excluding hydrogens is 542 g/mol. The van der Waals surface area contributed by atoms with Gasteiger partial charge in [-0.2, -0.15) is 0 Å². The van der Waals surface area contributed by atoms with E-state index >= 15 is 0 Å². The van der Waals surface area contributed by atoms with Gasteiger partial charge >= 0.3 is 11.9 Å². The van der Waals surface area contributed by atoms with E-state index in [0.717, 1.165) is 5.56 Å². The van der Waals surface area contributed by atoms with Gasteiger partial charge in [-0.3, -0.25) is 9.59 Å². The highest BCUT2D eigenvalue weighted by Crippen LogP contribution is 2.37. The maximum absolute atomic E-state index is 13.9. The van der Waals surface area contributed by atoms with Crippen LogP contribution in [0.15, 0.2) is 34.9 Å². The molecule has 1 aromatic carbocycles. The molecule has 0 saturated carbocycles. The first-order valence-corrected chi connectivity index (χ1v) is 13.9. The quantitative estimate of drug-likeness (QED) is 0.360. The highest BCUT2D eigenvalue weighted by molar-refractivity contribution is 5.89. The summed E-state index contributed by atoms with van der Waals surface area (Å²) in [6.07, 6.45) is -0.776. The summed E-state index contributed by atoms with van der Waals surface area (Å²) in [6.45, 7) is 12.6. The number of amides is 1. The van der Waals surface area contributed by atoms with Crippen molar-refractivity contribution in [1.29, 1.82) is 0 Å². The minimum Gasteiger partial charge on any atom is -0.497 e. The minimum absolute atomic E-state index is 0.0160. The van der Waals surface area contributed by atoms with Crippen LogP contribution in [0.25, 0.3) is 22.4 Å². The molecule has 1 amide bonds. The number of methoxy groups -OCH3 is 1. The first kappa shape index (κ1) is 30.8. The van der Waals surface area contributed by atoms with E-state index in [1.54, 1.807) is 40.9 Å². The van der Waals surface area contributed by atoms with Crippen molar-refractivity contribution < 1.29 is 38.2 Å². The van der Waals surface area contributed by atoms with Crippen molar-refractivity contribution in [3.05, 3.63) is 36.0 Å². The highest BCUT2D eigenvalue weighted by Gasteiger charge is 2.46. The number of hydrogen-bond donors (Lipinski definition) is 1. The Labute approximate surface area is 245 Å². The van der Waals surface area contributed by atoms with E-state index in [-0.39, 0.29) is 19.4 Å². The number of carbonyl (C=O) groups is 3. The molecule has 0 aliphatic carbocycles. The second-order valence-corrected chi connectivity index (χ2v) is 12.7. The summed E-state index contributed by atoms with van der Waals surface area (Å²) < 4.78 is 22.7. The summed E-state index contributed by atoms with van der Waals surface area (Å²) in [5.74, 6) is -1.89. The van der Waals surface area contributed by atoms with Crippen LogP contribution in [0.5, 0.6) is 11.5 Å². The molecule has 11 heteroatoms. The van der Waals surface area contributed by atoms with E-state index in [1.807, 2.05) is 45.0 Å². The fourth-order valence-corrected chi connectivity index (χ4v) is 5.07. The Bertz CT molecular complexity index is 1480. The van der Waals surface area contributed by atoms with E-state index < -0.39 is 46.9 Å². The zero-order chi connectivity index (χ0) is 31.0. The average molecular weight is 582 g/mol. The number of aryl methyl sites for hydroxylation is 1. The number of carbonyl (C=O) groups excluding carboxylic acids is 2. The van der Waals surface area contributed by atoms with Gasteiger partial charge in [-0.25, -0.2) is 9.78 Å². The predicted octanol–water partition coefficient (Wildman–Crippen LogP) is 5.03. The normalized spacial score (nSPS) is 18.1. The molecule has 226 valence electrons. The number of carboxylic acid groups (broad SMARTS) is 1. The number of pyridine rings is 1. The lowest BCUT2D eigenvalue weighted by atomic mass is 9.77. The van der Waals surface area contributed by atoms with E-state index in [9.17, 15) is 19.5 Å². The molecule has 1 aliphatic heterocycles. The van der Waals surface area contributed by atoms with Crippen LogP contribution < -0.4 is 9.47 Å². The number of aliphatic carboxylic acids is 1. The number of fused-ring (bicyclic) bond motifs is 1. The number of rotatable bonds is 8. The van der Waals surface area contributed by atoms with Crippen molar-refractivity contribution >= 4 is 28.9 Å². The van der Waals surface area contributed by atoms with E-state index in [2.05, 4.69) is 5.16 Å². The van der Waals surface area contributed by atoms with Crippen molar-refractivity contribution in [1.82, 2.24) is 15.0 Å². The van der Waals surface area contributed by atoms with Crippen molar-refractivity contribution in [3.8, 4) is 22.8 Å². The van der Waals surface area contributed by atoms with Crippen LogP contribution in [0.2, 0.25) is 0 Å². The molecule has 1 N–H and O–H groups in total. The topological polar surface area (TPSA) is 141 Å². The molecule has 0 unspecified atom stereocenters. The van der Waals surface area contributed by atoms with Crippen LogP contribution in [0.3, 0.4) is 0 Å². The molecule has 1 saturated heterocycles. The van der Waals surface area contributed by atoms with Crippen LogP contribution in [-0.4, -0.2) is 69.4 Å². The number of likely N-dealkylation sites (tertiary alicyclic amines) is 1. The number of benzene rings is 1. The second kappa shape index (κ2) is 11.6. The number of esters is 1. The SMILES string of the molecule is COc1cccc(-c2cc(O[C@@H]3C[C@@H](C(=O)O)N(C(=O)[C@@H](CC(=O)OC(C)(C)C)C(C)(C)C)C3)c3onc(C)c3n2)c1. The first-order chi connectivity index (χ1) is 19.6. The van der Waals surface area contributed by atoms with Gasteiger partial charge in [0.05, 0.1) is 31.7 Å². The zero-order valence-electron chi connectivity index (χ0n) is 25.4. The van der Waals surface area contributed by atoms with Crippen molar-refractivity contribution in [2.24, 2.45) is 11.3 Å². The Hall–Kier alpha value is -4.15. The fourth-order valence-electron chi connectivity index (χ4n) is 5.07. The second-order valence-electron chi connectivity index (χ2n) is 12.7. The van der Waals surface area contributed by atoms with Crippen molar-refractivity contribution in [2.45, 2.75) is 79.1 Å². The molecule has 0 spiro atoms. The molecule has 3 aromatic rings. The van der Waals surface area contributed by atoms with Crippen LogP contribution in [0, 0.1) is 18.3 Å². The summed E-state index contributed by atoms with van der Waals surface area (Å²) >= 11 is 0. The molecule has 0 bridgehead atoms. The van der Waals surface area contributed by atoms with Gasteiger partial charge in [0.1, 0.15) is 34.7 Å². The van der Waals surface area contributed by atoms with Crippen LogP contribution >= 0.6 is 0 Å². The summed E-state index contributed by atoms with van der Waals surface area (Å²) in [6, 6.07) is 7.99. The maximum atomic E-state index is 13.9. The van der Waals surface area contributed by atoms with Crippen molar-refractivity contribution in [3.63, 3.8) is 0 Å². The summed E-state index contributed by atoms with van der Waals surface area (Å²) in [7, 11) is 1.58. The van der Waals surface area contributed by atoms with Gasteiger partial charge in [0.2, 0.25) is 11.5 Å². The summed E-state index contributed by atoms with van der Waals surface area (Å²) in [5, 5.41) is 14.1. The molecule has 4 rings (SSSR count). The standard InChI is InChI=1S/C31H39N3O8/c1-17-26-27(42-33-17)24(15-22(32-26)18-10-9-11-19(12-18)39-8)40-20-13-23(29(37)38)34(16-20)28(36)21(30(2,3)4)14-25(35)41-31(5,6)7/h9-12,15,20-21,23H,13-14,16H2,1-8H3,(H,37,38)/t20-,21-,23+/m1/s1. The van der Waals surface area contributed by atoms with Gasteiger partial charge < -0.3 is 28.7 Å². The fraction of sp³-hybridized carbons (Fsp3) is 0.516. The van der Waals surface area contributed by atoms with Gasteiger partial charge in [0.15, 0.2) is 5.75 Å².